The van der Waals surface area contributed by atoms with Crippen LogP contribution in [0.1, 0.15) is 0 Å². The summed E-state index contributed by atoms with van der Waals surface area (Å²) in [6, 6.07) is 9.59. The molecule has 0 saturated heterocycles. The van der Waals surface area contributed by atoms with Crippen molar-refractivity contribution in [3.05, 3.63) is 30.3 Å². The topological polar surface area (TPSA) is 21.3 Å². The van der Waals surface area contributed by atoms with Gasteiger partial charge in [-0.2, -0.15) is 0 Å². The zero-order valence-electron chi connectivity index (χ0n) is 7.66. The van der Waals surface area contributed by atoms with Crippen LogP contribution >= 0.6 is 0 Å². The first kappa shape index (κ1) is 9.63. The molecule has 1 unspecified atom stereocenters. The van der Waals surface area contributed by atoms with Crippen LogP contribution in [-0.4, -0.2) is 19.7 Å². The summed E-state index contributed by atoms with van der Waals surface area (Å²) in [6.07, 6.45) is 5.25. The van der Waals surface area contributed by atoms with Gasteiger partial charge in [-0.25, -0.2) is 0 Å². The lowest BCUT2D eigenvalue weighted by Crippen LogP contribution is -2.29. The third-order valence-corrected chi connectivity index (χ3v) is 1.71. The maximum atomic E-state index is 5.44. The summed E-state index contributed by atoms with van der Waals surface area (Å²) in [5.74, 6) is 3.43. The second kappa shape index (κ2) is 5.23. The summed E-state index contributed by atoms with van der Waals surface area (Å²) < 4.78 is 5.44. The van der Waals surface area contributed by atoms with Crippen LogP contribution in [0.5, 0.6) is 5.75 Å². The monoisotopic (exact) mass is 175 g/mol. The lowest BCUT2D eigenvalue weighted by Gasteiger charge is -2.10. The molecule has 0 fully saturated rings. The van der Waals surface area contributed by atoms with E-state index in [0.717, 1.165) is 5.75 Å². The maximum Gasteiger partial charge on any atom is 0.119 e. The smallest absolute Gasteiger partial charge is 0.119 e. The Labute approximate surface area is 78.9 Å². The highest BCUT2D eigenvalue weighted by atomic mass is 16.5. The molecule has 2 nitrogen and oxygen atoms in total. The fraction of sp³-hybridized carbons (Fsp3) is 0.273. The molecule has 0 aliphatic rings. The molecule has 0 spiro atoms. The summed E-state index contributed by atoms with van der Waals surface area (Å²) in [4.78, 5) is 0. The molecule has 1 atom stereocenters. The van der Waals surface area contributed by atoms with Crippen LogP contribution in [0.15, 0.2) is 30.3 Å². The molecule has 0 aromatic heterocycles. The maximum absolute atomic E-state index is 5.44. The highest BCUT2D eigenvalue weighted by molar-refractivity contribution is 5.21. The molecule has 68 valence electrons. The minimum Gasteiger partial charge on any atom is -0.491 e. The van der Waals surface area contributed by atoms with Crippen LogP contribution in [0.4, 0.5) is 0 Å². The van der Waals surface area contributed by atoms with E-state index < -0.39 is 0 Å². The molecule has 0 heterocycles. The highest BCUT2D eigenvalue weighted by Gasteiger charge is 2.00. The Hall–Kier alpha value is -1.46. The van der Waals surface area contributed by atoms with Gasteiger partial charge in [-0.05, 0) is 19.2 Å². The van der Waals surface area contributed by atoms with Gasteiger partial charge in [-0.15, -0.1) is 6.42 Å². The van der Waals surface area contributed by atoms with Gasteiger partial charge < -0.3 is 10.1 Å². The van der Waals surface area contributed by atoms with Crippen LogP contribution in [-0.2, 0) is 0 Å². The standard InChI is InChI=1S/C11H13NO/c1-3-10(12-2)9-13-11-7-5-4-6-8-11/h1,4-8,10,12H,9H2,2H3. The molecule has 0 radical (unpaired) electrons. The third-order valence-electron chi connectivity index (χ3n) is 1.71. The summed E-state index contributed by atoms with van der Waals surface area (Å²) in [7, 11) is 1.82. The molecular formula is C11H13NO. The van der Waals surface area contributed by atoms with Crippen molar-refractivity contribution in [1.29, 1.82) is 0 Å². The average Bonchev–Trinajstić information content (AvgIpc) is 2.21. The molecule has 1 rings (SSSR count). The highest BCUT2D eigenvalue weighted by Crippen LogP contribution is 2.08. The number of terminal acetylenes is 1. The second-order valence-corrected chi connectivity index (χ2v) is 2.63. The first-order chi connectivity index (χ1) is 6.36. The van der Waals surface area contributed by atoms with Crippen LogP contribution in [0.3, 0.4) is 0 Å². The first-order valence-electron chi connectivity index (χ1n) is 4.18. The number of nitrogens with one attached hydrogen (secondary N) is 1. The summed E-state index contributed by atoms with van der Waals surface area (Å²) >= 11 is 0. The number of hydrogen-bond acceptors (Lipinski definition) is 2. The molecular weight excluding hydrogens is 162 g/mol. The van der Waals surface area contributed by atoms with Gasteiger partial charge in [-0.1, -0.05) is 24.1 Å². The van der Waals surface area contributed by atoms with Gasteiger partial charge in [0.15, 0.2) is 0 Å². The fourth-order valence-electron chi connectivity index (χ4n) is 0.911. The summed E-state index contributed by atoms with van der Waals surface area (Å²) in [6.45, 7) is 0.497. The third kappa shape index (κ3) is 3.18. The Bertz CT molecular complexity index is 276. The number of para-hydroxylation sites is 1. The first-order valence-corrected chi connectivity index (χ1v) is 4.18. The lowest BCUT2D eigenvalue weighted by atomic mass is 10.3. The number of hydrogen-bond donors (Lipinski definition) is 1. The quantitative estimate of drug-likeness (QED) is 0.696. The molecule has 13 heavy (non-hydrogen) atoms. The number of benzene rings is 1. The van der Waals surface area contributed by atoms with E-state index >= 15 is 0 Å². The van der Waals surface area contributed by atoms with Crippen molar-refractivity contribution in [2.45, 2.75) is 6.04 Å². The van der Waals surface area contributed by atoms with Crippen LogP contribution < -0.4 is 10.1 Å². The van der Waals surface area contributed by atoms with Gasteiger partial charge in [0.2, 0.25) is 0 Å². The van der Waals surface area contributed by atoms with E-state index in [4.69, 9.17) is 11.2 Å². The molecule has 1 N–H and O–H groups in total. The normalized spacial score (nSPS) is 11.7. The second-order valence-electron chi connectivity index (χ2n) is 2.63. The Morgan fingerprint density at radius 2 is 2.15 bits per heavy atom. The van der Waals surface area contributed by atoms with Crippen molar-refractivity contribution in [2.24, 2.45) is 0 Å². The fourth-order valence-corrected chi connectivity index (χ4v) is 0.911. The Morgan fingerprint density at radius 1 is 1.46 bits per heavy atom. The molecule has 0 aliphatic carbocycles. The molecule has 0 saturated carbocycles. The van der Waals surface area contributed by atoms with Crippen molar-refractivity contribution in [3.8, 4) is 18.1 Å². The van der Waals surface area contributed by atoms with Crippen LogP contribution in [0, 0.1) is 12.3 Å². The van der Waals surface area contributed by atoms with Gasteiger partial charge in [0.1, 0.15) is 18.4 Å². The number of rotatable bonds is 4. The average molecular weight is 175 g/mol. The van der Waals surface area contributed by atoms with Gasteiger partial charge in [0.05, 0.1) is 0 Å². The molecule has 0 aliphatic heterocycles. The van der Waals surface area contributed by atoms with Crippen LogP contribution in [0.2, 0.25) is 0 Å². The molecule has 0 amide bonds. The van der Waals surface area contributed by atoms with E-state index in [1.807, 2.05) is 37.4 Å². The van der Waals surface area contributed by atoms with Crippen molar-refractivity contribution < 1.29 is 4.74 Å². The minimum absolute atomic E-state index is 0.0276. The van der Waals surface area contributed by atoms with Crippen LogP contribution in [0.25, 0.3) is 0 Å². The SMILES string of the molecule is C#CC(COc1ccccc1)NC. The molecule has 1 aromatic rings. The van der Waals surface area contributed by atoms with E-state index in [9.17, 15) is 0 Å². The zero-order valence-corrected chi connectivity index (χ0v) is 7.66. The van der Waals surface area contributed by atoms with Crippen molar-refractivity contribution in [2.75, 3.05) is 13.7 Å². The molecule has 2 heteroatoms. The van der Waals surface area contributed by atoms with Gasteiger partial charge in [0, 0.05) is 0 Å². The summed E-state index contributed by atoms with van der Waals surface area (Å²) in [5.41, 5.74) is 0. The number of ether oxygens (including phenoxy) is 1. The van der Waals surface area contributed by atoms with Gasteiger partial charge >= 0.3 is 0 Å². The van der Waals surface area contributed by atoms with Gasteiger partial charge in [-0.3, -0.25) is 0 Å². The van der Waals surface area contributed by atoms with E-state index in [1.54, 1.807) is 0 Å². The molecule has 1 aromatic carbocycles. The van der Waals surface area contributed by atoms with Gasteiger partial charge in [0.25, 0.3) is 0 Å². The lowest BCUT2D eigenvalue weighted by molar-refractivity contribution is 0.296. The Morgan fingerprint density at radius 3 is 2.69 bits per heavy atom. The predicted molar refractivity (Wildman–Crippen MR) is 53.6 cm³/mol. The predicted octanol–water partition coefficient (Wildman–Crippen LogP) is 1.29. The largest absolute Gasteiger partial charge is 0.491 e. The number of likely N-dealkylation sites (N-methyl/N-ethyl adjacent to an activating group) is 1. The Kier molecular flexibility index (Phi) is 3.87. The minimum atomic E-state index is -0.0276. The zero-order chi connectivity index (χ0) is 9.52. The molecule has 0 bridgehead atoms. The van der Waals surface area contributed by atoms with Crippen molar-refractivity contribution in [1.82, 2.24) is 5.32 Å². The van der Waals surface area contributed by atoms with E-state index in [2.05, 4.69) is 11.2 Å². The van der Waals surface area contributed by atoms with E-state index in [1.165, 1.54) is 0 Å². The van der Waals surface area contributed by atoms with E-state index in [-0.39, 0.29) is 6.04 Å². The van der Waals surface area contributed by atoms with Crippen molar-refractivity contribution in [3.63, 3.8) is 0 Å². The van der Waals surface area contributed by atoms with E-state index in [0.29, 0.717) is 6.61 Å². The Balaban J connectivity index is 2.40. The van der Waals surface area contributed by atoms with Crippen molar-refractivity contribution >= 4 is 0 Å². The summed E-state index contributed by atoms with van der Waals surface area (Å²) in [5, 5.41) is 2.96.